The van der Waals surface area contributed by atoms with E-state index in [9.17, 15) is 9.59 Å². The predicted molar refractivity (Wildman–Crippen MR) is 157 cm³/mol. The number of carbonyl (C=O) groups excluding carboxylic acids is 2. The second-order valence-electron chi connectivity index (χ2n) is 10.1. The average molecular weight is 537 g/mol. The van der Waals surface area contributed by atoms with E-state index >= 15 is 0 Å². The van der Waals surface area contributed by atoms with Crippen molar-refractivity contribution in [3.8, 4) is 11.5 Å². The first-order chi connectivity index (χ1) is 19.1. The third-order valence-corrected chi connectivity index (χ3v) is 6.97. The standard InChI is InChI=1S/C33H44O6/c1-4-6-8-10-12-16-23-36-32(34)38-30-26-20-14-15-21-27(26)31(29-25(3)19-18-22-28(29)30)39-33(35)37-24-17-13-11-9-7-5-2/h14-15,18-22H,4-13,16-17,23-24H2,1-3H3. The van der Waals surface area contributed by atoms with Gasteiger partial charge in [0.25, 0.3) is 0 Å². The van der Waals surface area contributed by atoms with E-state index in [1.807, 2.05) is 49.4 Å². The summed E-state index contributed by atoms with van der Waals surface area (Å²) in [5, 5.41) is 2.69. The quantitative estimate of drug-likeness (QED) is 0.0785. The van der Waals surface area contributed by atoms with E-state index in [1.54, 1.807) is 0 Å². The number of unbranched alkanes of at least 4 members (excludes halogenated alkanes) is 10. The van der Waals surface area contributed by atoms with Gasteiger partial charge in [-0.25, -0.2) is 9.59 Å². The van der Waals surface area contributed by atoms with E-state index in [2.05, 4.69) is 13.8 Å². The van der Waals surface area contributed by atoms with Gasteiger partial charge in [-0.2, -0.15) is 0 Å². The first-order valence-electron chi connectivity index (χ1n) is 14.7. The van der Waals surface area contributed by atoms with Crippen molar-refractivity contribution in [1.82, 2.24) is 0 Å². The van der Waals surface area contributed by atoms with E-state index in [-0.39, 0.29) is 0 Å². The first-order valence-corrected chi connectivity index (χ1v) is 14.7. The lowest BCUT2D eigenvalue weighted by Gasteiger charge is -2.17. The molecule has 6 heteroatoms. The van der Waals surface area contributed by atoms with E-state index in [4.69, 9.17) is 18.9 Å². The minimum atomic E-state index is -0.733. The molecule has 3 aromatic carbocycles. The molecule has 3 aromatic rings. The summed E-state index contributed by atoms with van der Waals surface area (Å²) in [6.07, 6.45) is 11.8. The summed E-state index contributed by atoms with van der Waals surface area (Å²) in [5.41, 5.74) is 0.891. The zero-order valence-electron chi connectivity index (χ0n) is 23.9. The molecule has 0 aromatic heterocycles. The topological polar surface area (TPSA) is 71.1 Å². The molecule has 0 bridgehead atoms. The van der Waals surface area contributed by atoms with Crippen LogP contribution >= 0.6 is 0 Å². The molecule has 0 fully saturated rings. The number of rotatable bonds is 16. The molecule has 0 heterocycles. The van der Waals surface area contributed by atoms with Crippen molar-refractivity contribution >= 4 is 33.9 Å². The minimum Gasteiger partial charge on any atom is -0.434 e. The molecule has 0 aliphatic heterocycles. The largest absolute Gasteiger partial charge is 0.513 e. The van der Waals surface area contributed by atoms with Gasteiger partial charge < -0.3 is 18.9 Å². The highest BCUT2D eigenvalue weighted by Gasteiger charge is 2.22. The Bertz CT molecular complexity index is 1200. The van der Waals surface area contributed by atoms with E-state index < -0.39 is 12.3 Å². The Kier molecular flexibility index (Phi) is 12.9. The number of benzene rings is 3. The molecule has 0 aliphatic carbocycles. The fourth-order valence-electron chi connectivity index (χ4n) is 4.83. The summed E-state index contributed by atoms with van der Waals surface area (Å²) in [4.78, 5) is 25.4. The Morgan fingerprint density at radius 1 is 0.564 bits per heavy atom. The van der Waals surface area contributed by atoms with Crippen molar-refractivity contribution in [3.05, 3.63) is 48.0 Å². The average Bonchev–Trinajstić information content (AvgIpc) is 2.93. The molecule has 212 valence electrons. The van der Waals surface area contributed by atoms with Crippen LogP contribution in [0, 0.1) is 6.92 Å². The van der Waals surface area contributed by atoms with E-state index in [0.717, 1.165) is 44.1 Å². The second kappa shape index (κ2) is 16.6. The molecular formula is C33H44O6. The monoisotopic (exact) mass is 536 g/mol. The maximum Gasteiger partial charge on any atom is 0.513 e. The van der Waals surface area contributed by atoms with Crippen LogP contribution < -0.4 is 9.47 Å². The lowest BCUT2D eigenvalue weighted by molar-refractivity contribution is 0.0965. The molecule has 39 heavy (non-hydrogen) atoms. The van der Waals surface area contributed by atoms with Crippen LogP contribution in [0.15, 0.2) is 42.5 Å². The summed E-state index contributed by atoms with van der Waals surface area (Å²) >= 11 is 0. The Morgan fingerprint density at radius 2 is 1.03 bits per heavy atom. The third-order valence-electron chi connectivity index (χ3n) is 6.97. The number of carbonyl (C=O) groups is 2. The fraction of sp³-hybridized carbons (Fsp3) is 0.515. The van der Waals surface area contributed by atoms with Gasteiger partial charge in [-0.05, 0) is 25.3 Å². The molecule has 0 radical (unpaired) electrons. The molecule has 0 unspecified atom stereocenters. The highest BCUT2D eigenvalue weighted by atomic mass is 16.7. The zero-order chi connectivity index (χ0) is 27.9. The molecule has 0 atom stereocenters. The van der Waals surface area contributed by atoms with Crippen molar-refractivity contribution < 1.29 is 28.5 Å². The highest BCUT2D eigenvalue weighted by Crippen LogP contribution is 2.44. The van der Waals surface area contributed by atoms with Crippen LogP contribution in [0.4, 0.5) is 9.59 Å². The highest BCUT2D eigenvalue weighted by molar-refractivity contribution is 6.13. The van der Waals surface area contributed by atoms with Crippen LogP contribution in [0.2, 0.25) is 0 Å². The van der Waals surface area contributed by atoms with Crippen LogP contribution in [0.3, 0.4) is 0 Å². The number of hydrogen-bond donors (Lipinski definition) is 0. The molecule has 0 saturated heterocycles. The van der Waals surface area contributed by atoms with Gasteiger partial charge in [-0.15, -0.1) is 0 Å². The molecule has 0 N–H and O–H groups in total. The van der Waals surface area contributed by atoms with Crippen molar-refractivity contribution in [2.24, 2.45) is 0 Å². The van der Waals surface area contributed by atoms with Crippen LogP contribution in [0.1, 0.15) is 96.5 Å². The maximum absolute atomic E-state index is 12.7. The Hall–Kier alpha value is -3.28. The predicted octanol–water partition coefficient (Wildman–Crippen LogP) is 10.1. The molecule has 6 nitrogen and oxygen atoms in total. The van der Waals surface area contributed by atoms with Gasteiger partial charge in [0.2, 0.25) is 0 Å². The summed E-state index contributed by atoms with van der Waals surface area (Å²) in [6, 6.07) is 13.1. The molecule has 0 saturated carbocycles. The number of fused-ring (bicyclic) bond motifs is 2. The van der Waals surface area contributed by atoms with Crippen LogP contribution in [0.5, 0.6) is 11.5 Å². The SMILES string of the molecule is CCCCCCCCOC(=O)Oc1c2ccccc2c(OC(=O)OCCCCCCCC)c2c(C)cccc12. The van der Waals surface area contributed by atoms with Gasteiger partial charge >= 0.3 is 12.3 Å². The maximum atomic E-state index is 12.7. The van der Waals surface area contributed by atoms with Gasteiger partial charge in [0, 0.05) is 21.5 Å². The molecule has 0 amide bonds. The molecular weight excluding hydrogens is 492 g/mol. The van der Waals surface area contributed by atoms with Gasteiger partial charge in [0.05, 0.1) is 13.2 Å². The second-order valence-corrected chi connectivity index (χ2v) is 10.1. The zero-order valence-corrected chi connectivity index (χ0v) is 23.9. The smallest absolute Gasteiger partial charge is 0.434 e. The lowest BCUT2D eigenvalue weighted by atomic mass is 9.97. The van der Waals surface area contributed by atoms with Crippen LogP contribution in [-0.4, -0.2) is 25.5 Å². The lowest BCUT2D eigenvalue weighted by Crippen LogP contribution is -2.14. The van der Waals surface area contributed by atoms with E-state index in [0.29, 0.717) is 46.3 Å². The summed E-state index contributed by atoms with van der Waals surface area (Å²) in [6.45, 7) is 6.97. The molecule has 0 spiro atoms. The molecule has 3 rings (SSSR count). The Balaban J connectivity index is 1.74. The number of ether oxygens (including phenoxy) is 4. The van der Waals surface area contributed by atoms with Gasteiger partial charge in [0.15, 0.2) is 5.75 Å². The fourth-order valence-corrected chi connectivity index (χ4v) is 4.83. The first kappa shape index (κ1) is 30.3. The molecule has 0 aliphatic rings. The normalized spacial score (nSPS) is 11.1. The number of hydrogen-bond acceptors (Lipinski definition) is 6. The number of aryl methyl sites for hydroxylation is 1. The van der Waals surface area contributed by atoms with Crippen molar-refractivity contribution in [1.29, 1.82) is 0 Å². The summed E-state index contributed by atoms with van der Waals surface area (Å²) in [7, 11) is 0. The summed E-state index contributed by atoms with van der Waals surface area (Å²) < 4.78 is 22.4. The van der Waals surface area contributed by atoms with Crippen LogP contribution in [-0.2, 0) is 9.47 Å². The van der Waals surface area contributed by atoms with Crippen molar-refractivity contribution in [2.75, 3.05) is 13.2 Å². The minimum absolute atomic E-state index is 0.325. The third kappa shape index (κ3) is 9.15. The van der Waals surface area contributed by atoms with Crippen molar-refractivity contribution in [3.63, 3.8) is 0 Å². The Morgan fingerprint density at radius 3 is 1.59 bits per heavy atom. The van der Waals surface area contributed by atoms with E-state index in [1.165, 1.54) is 38.5 Å². The van der Waals surface area contributed by atoms with Gasteiger partial charge in [0.1, 0.15) is 5.75 Å². The van der Waals surface area contributed by atoms with Crippen LogP contribution in [0.25, 0.3) is 21.5 Å². The van der Waals surface area contributed by atoms with Gasteiger partial charge in [-0.1, -0.05) is 121 Å². The van der Waals surface area contributed by atoms with Crippen molar-refractivity contribution in [2.45, 2.75) is 97.8 Å². The summed E-state index contributed by atoms with van der Waals surface area (Å²) in [5.74, 6) is 0.796. The Labute approximate surface area is 233 Å². The van der Waals surface area contributed by atoms with Gasteiger partial charge in [-0.3, -0.25) is 0 Å².